The molecule has 2 heterocycles. The molecule has 1 aromatic rings. The number of guanidine groups is 1. The van der Waals surface area contributed by atoms with Gasteiger partial charge >= 0.3 is 0 Å². The molecule has 29 heavy (non-hydrogen) atoms. The fourth-order valence-corrected chi connectivity index (χ4v) is 4.34. The number of ether oxygens (including phenoxy) is 1. The zero-order valence-corrected chi connectivity index (χ0v) is 19.9. The lowest BCUT2D eigenvalue weighted by Crippen LogP contribution is -2.50. The van der Waals surface area contributed by atoms with E-state index in [0.29, 0.717) is 12.6 Å². The van der Waals surface area contributed by atoms with Crippen LogP contribution in [0.1, 0.15) is 37.7 Å². The Bertz CT molecular complexity index is 608. The Labute approximate surface area is 192 Å². The number of aliphatic hydroxyl groups excluding tert-OH is 1. The Morgan fingerprint density at radius 3 is 2.79 bits per heavy atom. The van der Waals surface area contributed by atoms with E-state index in [1.807, 2.05) is 7.05 Å². The van der Waals surface area contributed by atoms with Crippen molar-refractivity contribution >= 4 is 29.9 Å². The van der Waals surface area contributed by atoms with Gasteiger partial charge in [-0.15, -0.1) is 24.0 Å². The largest absolute Gasteiger partial charge is 0.396 e. The lowest BCUT2D eigenvalue weighted by Gasteiger charge is -2.36. The van der Waals surface area contributed by atoms with Crippen molar-refractivity contribution < 1.29 is 9.84 Å². The van der Waals surface area contributed by atoms with Gasteiger partial charge < -0.3 is 20.5 Å². The third-order valence-corrected chi connectivity index (χ3v) is 6.16. The average Bonchev–Trinajstić information content (AvgIpc) is 3.19. The second-order valence-corrected chi connectivity index (χ2v) is 8.19. The van der Waals surface area contributed by atoms with Crippen LogP contribution in [0.3, 0.4) is 0 Å². The van der Waals surface area contributed by atoms with E-state index in [9.17, 15) is 5.11 Å². The first kappa shape index (κ1) is 24.4. The van der Waals surface area contributed by atoms with Crippen LogP contribution in [0.15, 0.2) is 35.3 Å². The maximum Gasteiger partial charge on any atom is 0.191 e. The van der Waals surface area contributed by atoms with Crippen LogP contribution in [0.25, 0.3) is 0 Å². The minimum atomic E-state index is 0. The van der Waals surface area contributed by atoms with Crippen molar-refractivity contribution in [1.29, 1.82) is 0 Å². The molecular formula is C22H37IN4O2. The standard InChI is InChI=1S/C22H36N4O2.HI/c1-23-21(25-17-22(10-13-27)11-14-28-18-22)24-15-20-9-5-6-12-26(20)16-19-7-3-2-4-8-19;/h2-4,7-8,20,27H,5-6,9-18H2,1H3,(H2,23,24,25);1H. The summed E-state index contributed by atoms with van der Waals surface area (Å²) in [5, 5.41) is 16.4. The summed E-state index contributed by atoms with van der Waals surface area (Å²) in [7, 11) is 1.82. The Balaban J connectivity index is 0.00000300. The molecule has 2 atom stereocenters. The van der Waals surface area contributed by atoms with Crippen LogP contribution in [-0.2, 0) is 11.3 Å². The van der Waals surface area contributed by atoms with Gasteiger partial charge in [0, 0.05) is 51.4 Å². The first-order chi connectivity index (χ1) is 13.7. The molecule has 6 nitrogen and oxygen atoms in total. The second kappa shape index (κ2) is 12.7. The molecule has 0 amide bonds. The number of aliphatic imine (C=N–C) groups is 1. The second-order valence-electron chi connectivity index (χ2n) is 8.19. The van der Waals surface area contributed by atoms with Crippen molar-refractivity contribution in [2.75, 3.05) is 46.5 Å². The first-order valence-electron chi connectivity index (χ1n) is 10.7. The molecule has 0 aliphatic carbocycles. The van der Waals surface area contributed by atoms with Crippen LogP contribution in [0.2, 0.25) is 0 Å². The Morgan fingerprint density at radius 1 is 1.28 bits per heavy atom. The summed E-state index contributed by atoms with van der Waals surface area (Å²) in [4.78, 5) is 7.00. The summed E-state index contributed by atoms with van der Waals surface area (Å²) >= 11 is 0. The Morgan fingerprint density at radius 2 is 2.10 bits per heavy atom. The zero-order valence-electron chi connectivity index (χ0n) is 17.6. The van der Waals surface area contributed by atoms with E-state index in [1.54, 1.807) is 0 Å². The zero-order chi connectivity index (χ0) is 19.7. The van der Waals surface area contributed by atoms with Gasteiger partial charge in [-0.25, -0.2) is 0 Å². The van der Waals surface area contributed by atoms with Gasteiger partial charge in [0.1, 0.15) is 0 Å². The van der Waals surface area contributed by atoms with Gasteiger partial charge in [0.15, 0.2) is 5.96 Å². The molecular weight excluding hydrogens is 479 g/mol. The number of nitrogens with zero attached hydrogens (tertiary/aromatic N) is 2. The number of nitrogens with one attached hydrogen (secondary N) is 2. The van der Waals surface area contributed by atoms with Crippen LogP contribution in [0, 0.1) is 5.41 Å². The van der Waals surface area contributed by atoms with Crippen LogP contribution in [0.4, 0.5) is 0 Å². The van der Waals surface area contributed by atoms with Crippen molar-refractivity contribution in [2.45, 2.75) is 44.7 Å². The molecule has 164 valence electrons. The maximum atomic E-state index is 9.40. The first-order valence-corrected chi connectivity index (χ1v) is 10.7. The highest BCUT2D eigenvalue weighted by Gasteiger charge is 2.34. The number of likely N-dealkylation sites (tertiary alicyclic amines) is 1. The number of piperidine rings is 1. The number of aliphatic hydroxyl groups is 1. The highest BCUT2D eigenvalue weighted by atomic mass is 127. The molecule has 2 aliphatic rings. The van der Waals surface area contributed by atoms with E-state index in [1.165, 1.54) is 24.8 Å². The summed E-state index contributed by atoms with van der Waals surface area (Å²) < 4.78 is 5.59. The predicted octanol–water partition coefficient (Wildman–Crippen LogP) is 2.61. The lowest BCUT2D eigenvalue weighted by atomic mass is 9.84. The molecule has 3 rings (SSSR count). The molecule has 0 aromatic heterocycles. The van der Waals surface area contributed by atoms with Gasteiger partial charge in [-0.3, -0.25) is 9.89 Å². The van der Waals surface area contributed by atoms with E-state index in [-0.39, 0.29) is 36.0 Å². The summed E-state index contributed by atoms with van der Waals surface area (Å²) in [6.45, 7) is 5.55. The highest BCUT2D eigenvalue weighted by Crippen LogP contribution is 2.31. The van der Waals surface area contributed by atoms with Crippen molar-refractivity contribution in [3.05, 3.63) is 35.9 Å². The van der Waals surface area contributed by atoms with Crippen LogP contribution in [-0.4, -0.2) is 68.5 Å². The molecule has 7 heteroatoms. The molecule has 0 saturated carbocycles. The van der Waals surface area contributed by atoms with E-state index in [2.05, 4.69) is 50.9 Å². The molecule has 0 bridgehead atoms. The predicted molar refractivity (Wildman–Crippen MR) is 129 cm³/mol. The third kappa shape index (κ3) is 7.38. The van der Waals surface area contributed by atoms with Gasteiger partial charge in [0.05, 0.1) is 6.61 Å². The summed E-state index contributed by atoms with van der Waals surface area (Å²) in [6.07, 6.45) is 5.55. The van der Waals surface area contributed by atoms with E-state index < -0.39 is 0 Å². The number of halogens is 1. The fourth-order valence-electron chi connectivity index (χ4n) is 4.34. The number of benzene rings is 1. The number of rotatable bonds is 8. The quantitative estimate of drug-likeness (QED) is 0.282. The van der Waals surface area contributed by atoms with Gasteiger partial charge in [0.25, 0.3) is 0 Å². The van der Waals surface area contributed by atoms with Gasteiger partial charge in [-0.05, 0) is 37.8 Å². The fraction of sp³-hybridized carbons (Fsp3) is 0.682. The topological polar surface area (TPSA) is 69.1 Å². The van der Waals surface area contributed by atoms with E-state index >= 15 is 0 Å². The van der Waals surface area contributed by atoms with Crippen molar-refractivity contribution in [3.8, 4) is 0 Å². The van der Waals surface area contributed by atoms with Crippen LogP contribution < -0.4 is 10.6 Å². The van der Waals surface area contributed by atoms with Crippen LogP contribution in [0.5, 0.6) is 0 Å². The van der Waals surface area contributed by atoms with Crippen molar-refractivity contribution in [1.82, 2.24) is 15.5 Å². The van der Waals surface area contributed by atoms with Gasteiger partial charge in [-0.1, -0.05) is 36.8 Å². The molecule has 0 spiro atoms. The third-order valence-electron chi connectivity index (χ3n) is 6.16. The van der Waals surface area contributed by atoms with Crippen molar-refractivity contribution in [3.63, 3.8) is 0 Å². The van der Waals surface area contributed by atoms with Crippen LogP contribution >= 0.6 is 24.0 Å². The number of hydrogen-bond acceptors (Lipinski definition) is 4. The molecule has 2 aliphatic heterocycles. The highest BCUT2D eigenvalue weighted by molar-refractivity contribution is 14.0. The molecule has 3 N–H and O–H groups in total. The normalized spacial score (nSPS) is 25.4. The smallest absolute Gasteiger partial charge is 0.191 e. The van der Waals surface area contributed by atoms with E-state index in [0.717, 1.165) is 51.6 Å². The molecule has 2 saturated heterocycles. The Kier molecular flexibility index (Phi) is 10.7. The SMILES string of the molecule is CN=C(NCC1CCCCN1Cc1ccccc1)NCC1(CCO)CCOC1.I. The summed E-state index contributed by atoms with van der Waals surface area (Å²) in [6, 6.07) is 11.3. The monoisotopic (exact) mass is 516 g/mol. The molecule has 0 radical (unpaired) electrons. The Hall–Kier alpha value is -0.900. The molecule has 1 aromatic carbocycles. The number of hydrogen-bond donors (Lipinski definition) is 3. The minimum Gasteiger partial charge on any atom is -0.396 e. The average molecular weight is 516 g/mol. The van der Waals surface area contributed by atoms with Crippen molar-refractivity contribution in [2.24, 2.45) is 10.4 Å². The van der Waals surface area contributed by atoms with Gasteiger partial charge in [0.2, 0.25) is 0 Å². The molecule has 2 unspecified atom stereocenters. The van der Waals surface area contributed by atoms with E-state index in [4.69, 9.17) is 4.74 Å². The minimum absolute atomic E-state index is 0. The summed E-state index contributed by atoms with van der Waals surface area (Å²) in [5.41, 5.74) is 1.40. The summed E-state index contributed by atoms with van der Waals surface area (Å²) in [5.74, 6) is 0.842. The lowest BCUT2D eigenvalue weighted by molar-refractivity contribution is 0.127. The maximum absolute atomic E-state index is 9.40. The molecule has 2 fully saturated rings. The van der Waals surface area contributed by atoms with Gasteiger partial charge in [-0.2, -0.15) is 0 Å².